The summed E-state index contributed by atoms with van der Waals surface area (Å²) in [7, 11) is 3.91. The molecule has 1 aromatic heterocycles. The minimum atomic E-state index is -0.604. The summed E-state index contributed by atoms with van der Waals surface area (Å²) in [6.07, 6.45) is 1.93. The molecule has 0 bridgehead atoms. The van der Waals surface area contributed by atoms with Gasteiger partial charge in [0.05, 0.1) is 5.52 Å². The van der Waals surface area contributed by atoms with Crippen molar-refractivity contribution in [1.29, 1.82) is 0 Å². The number of anilines is 1. The van der Waals surface area contributed by atoms with Crippen molar-refractivity contribution >= 4 is 28.5 Å². The SMILES string of the molecule is CN1CCC(N(C)C(=O)Nc2ccc3[nH]nc(C(N)=O)c3c2)CC1. The van der Waals surface area contributed by atoms with Crippen LogP contribution < -0.4 is 11.1 Å². The average Bonchev–Trinajstić information content (AvgIpc) is 2.98. The summed E-state index contributed by atoms with van der Waals surface area (Å²) in [4.78, 5) is 27.9. The smallest absolute Gasteiger partial charge is 0.321 e. The largest absolute Gasteiger partial charge is 0.364 e. The van der Waals surface area contributed by atoms with Gasteiger partial charge in [0.2, 0.25) is 0 Å². The Bertz CT molecular complexity index is 763. The molecule has 2 aromatic rings. The van der Waals surface area contributed by atoms with E-state index in [-0.39, 0.29) is 17.8 Å². The Morgan fingerprint density at radius 1 is 1.38 bits per heavy atom. The first-order valence-corrected chi connectivity index (χ1v) is 7.96. The predicted octanol–water partition coefficient (Wildman–Crippen LogP) is 1.22. The number of nitrogens with two attached hydrogens (primary N) is 1. The number of piperidine rings is 1. The van der Waals surface area contributed by atoms with Crippen LogP contribution >= 0.6 is 0 Å². The number of likely N-dealkylation sites (tertiary alicyclic amines) is 1. The molecule has 2 heterocycles. The number of aromatic nitrogens is 2. The van der Waals surface area contributed by atoms with E-state index in [9.17, 15) is 9.59 Å². The Kier molecular flexibility index (Phi) is 4.39. The molecule has 1 fully saturated rings. The number of H-pyrrole nitrogens is 1. The molecule has 0 spiro atoms. The molecule has 3 amide bonds. The fraction of sp³-hybridized carbons (Fsp3) is 0.438. The first-order chi connectivity index (χ1) is 11.5. The molecule has 4 N–H and O–H groups in total. The van der Waals surface area contributed by atoms with Crippen LogP contribution in [-0.2, 0) is 0 Å². The maximum Gasteiger partial charge on any atom is 0.321 e. The number of aromatic amines is 1. The fourth-order valence-corrected chi connectivity index (χ4v) is 3.04. The zero-order valence-electron chi connectivity index (χ0n) is 13.9. The molecule has 8 heteroatoms. The molecule has 1 aliphatic rings. The van der Waals surface area contributed by atoms with E-state index in [2.05, 4.69) is 27.5 Å². The topological polar surface area (TPSA) is 107 Å². The summed E-state index contributed by atoms with van der Waals surface area (Å²) in [5.41, 5.74) is 6.79. The monoisotopic (exact) mass is 330 g/mol. The normalized spacial score (nSPS) is 16.2. The van der Waals surface area contributed by atoms with Gasteiger partial charge < -0.3 is 20.9 Å². The third-order valence-corrected chi connectivity index (χ3v) is 4.60. The van der Waals surface area contributed by atoms with Crippen LogP contribution in [0.1, 0.15) is 23.3 Å². The lowest BCUT2D eigenvalue weighted by molar-refractivity contribution is 0.0997. The maximum atomic E-state index is 12.5. The molecule has 0 unspecified atom stereocenters. The highest BCUT2D eigenvalue weighted by atomic mass is 16.2. The first-order valence-electron chi connectivity index (χ1n) is 7.96. The first kappa shape index (κ1) is 16.3. The van der Waals surface area contributed by atoms with Crippen molar-refractivity contribution in [3.8, 4) is 0 Å². The molecular formula is C16H22N6O2. The Labute approximate surface area is 140 Å². The van der Waals surface area contributed by atoms with Crippen LogP contribution in [0.15, 0.2) is 18.2 Å². The van der Waals surface area contributed by atoms with Crippen molar-refractivity contribution in [2.75, 3.05) is 32.5 Å². The van der Waals surface area contributed by atoms with Gasteiger partial charge in [0, 0.05) is 24.2 Å². The molecule has 128 valence electrons. The van der Waals surface area contributed by atoms with Crippen LogP contribution in [0.4, 0.5) is 10.5 Å². The highest BCUT2D eigenvalue weighted by molar-refractivity contribution is 6.05. The quantitative estimate of drug-likeness (QED) is 0.786. The molecule has 0 saturated carbocycles. The Balaban J connectivity index is 1.73. The summed E-state index contributed by atoms with van der Waals surface area (Å²) in [6, 6.07) is 5.32. The number of benzene rings is 1. The van der Waals surface area contributed by atoms with Gasteiger partial charge in [-0.2, -0.15) is 5.10 Å². The molecule has 1 aliphatic heterocycles. The number of primary amides is 1. The average molecular weight is 330 g/mol. The predicted molar refractivity (Wildman–Crippen MR) is 91.9 cm³/mol. The van der Waals surface area contributed by atoms with Gasteiger partial charge in [0.25, 0.3) is 5.91 Å². The third kappa shape index (κ3) is 3.18. The number of urea groups is 1. The van der Waals surface area contributed by atoms with E-state index in [4.69, 9.17) is 5.73 Å². The van der Waals surface area contributed by atoms with E-state index in [0.717, 1.165) is 25.9 Å². The van der Waals surface area contributed by atoms with E-state index >= 15 is 0 Å². The zero-order valence-corrected chi connectivity index (χ0v) is 13.9. The fourth-order valence-electron chi connectivity index (χ4n) is 3.04. The summed E-state index contributed by atoms with van der Waals surface area (Å²) in [5, 5.41) is 10.1. The summed E-state index contributed by atoms with van der Waals surface area (Å²) < 4.78 is 0. The van der Waals surface area contributed by atoms with Crippen molar-refractivity contribution < 1.29 is 9.59 Å². The van der Waals surface area contributed by atoms with Crippen molar-refractivity contribution in [1.82, 2.24) is 20.0 Å². The third-order valence-electron chi connectivity index (χ3n) is 4.60. The number of hydrogen-bond acceptors (Lipinski definition) is 4. The summed E-state index contributed by atoms with van der Waals surface area (Å²) in [6.45, 7) is 1.98. The zero-order chi connectivity index (χ0) is 17.3. The minimum Gasteiger partial charge on any atom is -0.364 e. The van der Waals surface area contributed by atoms with Gasteiger partial charge >= 0.3 is 6.03 Å². The lowest BCUT2D eigenvalue weighted by Crippen LogP contribution is -2.46. The number of carbonyl (C=O) groups is 2. The van der Waals surface area contributed by atoms with Crippen molar-refractivity contribution in [3.05, 3.63) is 23.9 Å². The summed E-state index contributed by atoms with van der Waals surface area (Å²) >= 11 is 0. The molecule has 3 rings (SSSR count). The van der Waals surface area contributed by atoms with Crippen molar-refractivity contribution in [2.45, 2.75) is 18.9 Å². The molecule has 1 aromatic carbocycles. The molecule has 0 aliphatic carbocycles. The standard InChI is InChI=1S/C16H22N6O2/c1-21-7-5-11(6-8-21)22(2)16(24)18-10-3-4-13-12(9-10)14(15(17)23)20-19-13/h3-4,9,11H,5-8H2,1-2H3,(H2,17,23)(H,18,24)(H,19,20). The van der Waals surface area contributed by atoms with E-state index in [0.29, 0.717) is 16.6 Å². The van der Waals surface area contributed by atoms with Gasteiger partial charge in [0.15, 0.2) is 5.69 Å². The lowest BCUT2D eigenvalue weighted by Gasteiger charge is -2.35. The maximum absolute atomic E-state index is 12.5. The van der Waals surface area contributed by atoms with Gasteiger partial charge in [-0.05, 0) is 51.2 Å². The lowest BCUT2D eigenvalue weighted by atomic mass is 10.0. The number of amides is 3. The van der Waals surface area contributed by atoms with E-state index in [1.807, 2.05) is 7.05 Å². The van der Waals surface area contributed by atoms with E-state index < -0.39 is 5.91 Å². The number of rotatable bonds is 3. The molecule has 0 radical (unpaired) electrons. The van der Waals surface area contributed by atoms with E-state index in [1.54, 1.807) is 23.1 Å². The molecule has 1 saturated heterocycles. The van der Waals surface area contributed by atoms with Crippen LogP contribution in [0.25, 0.3) is 10.9 Å². The Hall–Kier alpha value is -2.61. The number of hydrogen-bond donors (Lipinski definition) is 3. The second-order valence-corrected chi connectivity index (χ2v) is 6.27. The summed E-state index contributed by atoms with van der Waals surface area (Å²) in [5.74, 6) is -0.604. The number of nitrogens with one attached hydrogen (secondary N) is 2. The van der Waals surface area contributed by atoms with Gasteiger partial charge in [0.1, 0.15) is 0 Å². The molecule has 0 atom stereocenters. The van der Waals surface area contributed by atoms with E-state index in [1.165, 1.54) is 0 Å². The van der Waals surface area contributed by atoms with Gasteiger partial charge in [-0.25, -0.2) is 4.79 Å². The number of nitrogens with zero attached hydrogens (tertiary/aromatic N) is 3. The molecule has 24 heavy (non-hydrogen) atoms. The second-order valence-electron chi connectivity index (χ2n) is 6.27. The van der Waals surface area contributed by atoms with Gasteiger partial charge in [-0.1, -0.05) is 0 Å². The van der Waals surface area contributed by atoms with Crippen molar-refractivity contribution in [2.24, 2.45) is 5.73 Å². The highest BCUT2D eigenvalue weighted by Crippen LogP contribution is 2.21. The van der Waals surface area contributed by atoms with Gasteiger partial charge in [-0.3, -0.25) is 9.89 Å². The second kappa shape index (κ2) is 6.48. The van der Waals surface area contributed by atoms with Crippen LogP contribution in [-0.4, -0.2) is 65.2 Å². The highest BCUT2D eigenvalue weighted by Gasteiger charge is 2.24. The van der Waals surface area contributed by atoms with Crippen molar-refractivity contribution in [3.63, 3.8) is 0 Å². The number of carbonyl (C=O) groups excluding carboxylic acids is 2. The number of fused-ring (bicyclic) bond motifs is 1. The van der Waals surface area contributed by atoms with Crippen LogP contribution in [0.5, 0.6) is 0 Å². The van der Waals surface area contributed by atoms with Crippen LogP contribution in [0.2, 0.25) is 0 Å². The Morgan fingerprint density at radius 2 is 2.08 bits per heavy atom. The van der Waals surface area contributed by atoms with Gasteiger partial charge in [-0.15, -0.1) is 0 Å². The van der Waals surface area contributed by atoms with Crippen LogP contribution in [0, 0.1) is 0 Å². The Morgan fingerprint density at radius 3 is 2.75 bits per heavy atom. The molecular weight excluding hydrogens is 308 g/mol. The minimum absolute atomic E-state index is 0.159. The molecule has 8 nitrogen and oxygen atoms in total. The van der Waals surface area contributed by atoms with Crippen LogP contribution in [0.3, 0.4) is 0 Å².